The molecule has 1 aliphatic carbocycles. The second-order valence-electron chi connectivity index (χ2n) is 4.96. The highest BCUT2D eigenvalue weighted by atomic mass is 16.5. The Kier molecular flexibility index (Phi) is 4.80. The van der Waals surface area contributed by atoms with E-state index in [1.54, 1.807) is 0 Å². The molecule has 0 bridgehead atoms. The monoisotopic (exact) mass is 264 g/mol. The van der Waals surface area contributed by atoms with Crippen molar-refractivity contribution >= 4 is 5.97 Å². The van der Waals surface area contributed by atoms with Crippen molar-refractivity contribution in [1.82, 2.24) is 0 Å². The summed E-state index contributed by atoms with van der Waals surface area (Å²) in [4.78, 5) is 10.6. The third-order valence-corrected chi connectivity index (χ3v) is 3.65. The molecule has 0 saturated carbocycles. The molecule has 1 aromatic rings. The van der Waals surface area contributed by atoms with E-state index in [2.05, 4.69) is 6.07 Å². The molecule has 1 aliphatic rings. The second-order valence-corrected chi connectivity index (χ2v) is 4.96. The molecule has 104 valence electrons. The van der Waals surface area contributed by atoms with Crippen molar-refractivity contribution in [3.63, 3.8) is 0 Å². The molecular formula is C15H20O4. The first-order valence-corrected chi connectivity index (χ1v) is 6.79. The van der Waals surface area contributed by atoms with Gasteiger partial charge in [-0.2, -0.15) is 0 Å². The Morgan fingerprint density at radius 1 is 1.42 bits per heavy atom. The number of aliphatic hydroxyl groups excluding tert-OH is 1. The Hall–Kier alpha value is -1.55. The van der Waals surface area contributed by atoms with E-state index in [1.165, 1.54) is 5.56 Å². The van der Waals surface area contributed by atoms with Crippen LogP contribution in [-0.2, 0) is 11.2 Å². The summed E-state index contributed by atoms with van der Waals surface area (Å²) in [5.74, 6) is 0.211. The van der Waals surface area contributed by atoms with Crippen LogP contribution in [0.25, 0.3) is 0 Å². The van der Waals surface area contributed by atoms with E-state index >= 15 is 0 Å². The largest absolute Gasteiger partial charge is 0.482 e. The Balaban J connectivity index is 2.17. The lowest BCUT2D eigenvalue weighted by molar-refractivity contribution is -0.139. The maximum Gasteiger partial charge on any atom is 0.341 e. The van der Waals surface area contributed by atoms with Crippen LogP contribution in [0.2, 0.25) is 0 Å². The molecule has 0 aliphatic heterocycles. The number of hydrogen-bond acceptors (Lipinski definition) is 3. The first kappa shape index (κ1) is 13.9. The van der Waals surface area contributed by atoms with Gasteiger partial charge in [0.25, 0.3) is 0 Å². The molecule has 1 unspecified atom stereocenters. The molecule has 0 spiro atoms. The zero-order valence-corrected chi connectivity index (χ0v) is 11.0. The predicted molar refractivity (Wildman–Crippen MR) is 71.6 cm³/mol. The third-order valence-electron chi connectivity index (χ3n) is 3.65. The van der Waals surface area contributed by atoms with E-state index in [0.29, 0.717) is 11.7 Å². The van der Waals surface area contributed by atoms with E-state index in [9.17, 15) is 4.79 Å². The van der Waals surface area contributed by atoms with E-state index < -0.39 is 5.97 Å². The molecule has 4 nitrogen and oxygen atoms in total. The Labute approximate surface area is 113 Å². The molecule has 0 saturated heterocycles. The lowest BCUT2D eigenvalue weighted by atomic mass is 9.80. The number of aliphatic hydroxyl groups is 1. The van der Waals surface area contributed by atoms with Crippen molar-refractivity contribution in [2.75, 3.05) is 13.2 Å². The predicted octanol–water partition coefficient (Wildman–Crippen LogP) is 2.34. The minimum absolute atomic E-state index is 0.223. The van der Waals surface area contributed by atoms with Crippen LogP contribution in [0.1, 0.15) is 42.7 Å². The van der Waals surface area contributed by atoms with Gasteiger partial charge < -0.3 is 14.9 Å². The van der Waals surface area contributed by atoms with Gasteiger partial charge in [-0.15, -0.1) is 0 Å². The highest BCUT2D eigenvalue weighted by molar-refractivity contribution is 5.68. The number of carboxylic acids is 1. The van der Waals surface area contributed by atoms with Gasteiger partial charge in [0.15, 0.2) is 6.61 Å². The van der Waals surface area contributed by atoms with Crippen molar-refractivity contribution in [1.29, 1.82) is 0 Å². The molecule has 2 N–H and O–H groups in total. The van der Waals surface area contributed by atoms with Gasteiger partial charge >= 0.3 is 5.97 Å². The van der Waals surface area contributed by atoms with Crippen LogP contribution >= 0.6 is 0 Å². The molecule has 4 heteroatoms. The summed E-state index contributed by atoms with van der Waals surface area (Å²) in [6.07, 6.45) is 4.96. The summed E-state index contributed by atoms with van der Waals surface area (Å²) in [7, 11) is 0. The summed E-state index contributed by atoms with van der Waals surface area (Å²) >= 11 is 0. The van der Waals surface area contributed by atoms with Crippen molar-refractivity contribution in [3.05, 3.63) is 29.3 Å². The van der Waals surface area contributed by atoms with E-state index in [1.807, 2.05) is 12.1 Å². The number of hydrogen-bond donors (Lipinski definition) is 2. The average Bonchev–Trinajstić information content (AvgIpc) is 2.42. The summed E-state index contributed by atoms with van der Waals surface area (Å²) in [5.41, 5.74) is 2.42. The normalized spacial score (nSPS) is 17.8. The zero-order chi connectivity index (χ0) is 13.7. The SMILES string of the molecule is O=C(O)COc1cccc2c1CCCC2CCCO. The van der Waals surface area contributed by atoms with Crippen molar-refractivity contribution in [3.8, 4) is 5.75 Å². The Morgan fingerprint density at radius 2 is 2.26 bits per heavy atom. The molecule has 19 heavy (non-hydrogen) atoms. The standard InChI is InChI=1S/C15H20O4/c16-9-3-5-11-4-1-7-13-12(11)6-2-8-14(13)19-10-15(17)18/h2,6,8,11,16H,1,3-5,7,9-10H2,(H,17,18). The van der Waals surface area contributed by atoms with Gasteiger partial charge in [-0.3, -0.25) is 0 Å². The summed E-state index contributed by atoms with van der Waals surface area (Å²) in [5, 5.41) is 17.6. The van der Waals surface area contributed by atoms with Crippen molar-refractivity contribution in [2.24, 2.45) is 0 Å². The first-order chi connectivity index (χ1) is 9.22. The molecule has 0 aromatic heterocycles. The Bertz CT molecular complexity index is 442. The Morgan fingerprint density at radius 3 is 3.00 bits per heavy atom. The summed E-state index contributed by atoms with van der Waals surface area (Å²) < 4.78 is 5.37. The maximum absolute atomic E-state index is 10.6. The van der Waals surface area contributed by atoms with Crippen molar-refractivity contribution in [2.45, 2.75) is 38.0 Å². The third kappa shape index (κ3) is 3.47. The number of carboxylic acid groups (broad SMARTS) is 1. The van der Waals surface area contributed by atoms with Gasteiger partial charge in [-0.05, 0) is 55.2 Å². The van der Waals surface area contributed by atoms with Crippen LogP contribution in [0.3, 0.4) is 0 Å². The summed E-state index contributed by atoms with van der Waals surface area (Å²) in [6, 6.07) is 5.87. The van der Waals surface area contributed by atoms with Gasteiger partial charge in [0.1, 0.15) is 5.75 Å². The van der Waals surface area contributed by atoms with Crippen LogP contribution in [0.5, 0.6) is 5.75 Å². The summed E-state index contributed by atoms with van der Waals surface area (Å²) in [6.45, 7) is -0.0706. The number of aliphatic carboxylic acids is 1. The quantitative estimate of drug-likeness (QED) is 0.827. The fraction of sp³-hybridized carbons (Fsp3) is 0.533. The molecule has 0 heterocycles. The van der Waals surface area contributed by atoms with Crippen LogP contribution < -0.4 is 4.74 Å². The van der Waals surface area contributed by atoms with Gasteiger partial charge in [0.05, 0.1) is 0 Å². The number of ether oxygens (including phenoxy) is 1. The van der Waals surface area contributed by atoms with Gasteiger partial charge in [0.2, 0.25) is 0 Å². The van der Waals surface area contributed by atoms with Crippen LogP contribution in [0, 0.1) is 0 Å². The minimum Gasteiger partial charge on any atom is -0.482 e. The number of carbonyl (C=O) groups is 1. The van der Waals surface area contributed by atoms with Crippen LogP contribution in [-0.4, -0.2) is 29.4 Å². The smallest absolute Gasteiger partial charge is 0.341 e. The van der Waals surface area contributed by atoms with E-state index in [0.717, 1.165) is 37.7 Å². The van der Waals surface area contributed by atoms with Crippen molar-refractivity contribution < 1.29 is 19.7 Å². The van der Waals surface area contributed by atoms with E-state index in [-0.39, 0.29) is 13.2 Å². The van der Waals surface area contributed by atoms with Crippen LogP contribution in [0.15, 0.2) is 18.2 Å². The topological polar surface area (TPSA) is 66.8 Å². The molecule has 1 atom stereocenters. The number of rotatable bonds is 6. The van der Waals surface area contributed by atoms with Crippen LogP contribution in [0.4, 0.5) is 0 Å². The second kappa shape index (κ2) is 6.57. The molecule has 2 rings (SSSR count). The molecule has 0 amide bonds. The van der Waals surface area contributed by atoms with E-state index in [4.69, 9.17) is 14.9 Å². The van der Waals surface area contributed by atoms with Gasteiger partial charge in [-0.25, -0.2) is 4.79 Å². The molecule has 1 aromatic carbocycles. The molecule has 0 radical (unpaired) electrons. The molecule has 0 fully saturated rings. The minimum atomic E-state index is -0.953. The highest BCUT2D eigenvalue weighted by Gasteiger charge is 2.22. The fourth-order valence-electron chi connectivity index (χ4n) is 2.83. The lowest BCUT2D eigenvalue weighted by Gasteiger charge is -2.27. The number of fused-ring (bicyclic) bond motifs is 1. The highest BCUT2D eigenvalue weighted by Crippen LogP contribution is 2.38. The number of benzene rings is 1. The van der Waals surface area contributed by atoms with Gasteiger partial charge in [0, 0.05) is 6.61 Å². The maximum atomic E-state index is 10.6. The molecular weight excluding hydrogens is 244 g/mol. The van der Waals surface area contributed by atoms with Gasteiger partial charge in [-0.1, -0.05) is 12.1 Å². The average molecular weight is 264 g/mol. The first-order valence-electron chi connectivity index (χ1n) is 6.79. The lowest BCUT2D eigenvalue weighted by Crippen LogP contribution is -2.15. The fourth-order valence-corrected chi connectivity index (χ4v) is 2.83. The zero-order valence-electron chi connectivity index (χ0n) is 11.0.